The highest BCUT2D eigenvalue weighted by molar-refractivity contribution is 4.70. The molecule has 24 heavy (non-hydrogen) atoms. The third kappa shape index (κ3) is 14.2. The van der Waals surface area contributed by atoms with Crippen LogP contribution in [0.15, 0.2) is 0 Å². The van der Waals surface area contributed by atoms with Crippen LogP contribution in [0.4, 0.5) is 0 Å². The molecular formula is C21H44O3. The Labute approximate surface area is 150 Å². The monoisotopic (exact) mass is 344 g/mol. The summed E-state index contributed by atoms with van der Waals surface area (Å²) in [5.41, 5.74) is 0.627. The van der Waals surface area contributed by atoms with Crippen molar-refractivity contribution in [2.45, 2.75) is 111 Å². The van der Waals surface area contributed by atoms with Crippen molar-refractivity contribution in [3.8, 4) is 0 Å². The van der Waals surface area contributed by atoms with Gasteiger partial charge in [-0.3, -0.25) is 0 Å². The number of aliphatic hydroxyl groups excluding tert-OH is 3. The van der Waals surface area contributed by atoms with E-state index in [-0.39, 0.29) is 6.10 Å². The Morgan fingerprint density at radius 2 is 0.917 bits per heavy atom. The van der Waals surface area contributed by atoms with Gasteiger partial charge in [-0.2, -0.15) is 0 Å². The molecule has 0 aromatic rings. The van der Waals surface area contributed by atoms with E-state index in [0.717, 1.165) is 51.4 Å². The van der Waals surface area contributed by atoms with Gasteiger partial charge in [-0.05, 0) is 62.2 Å². The lowest BCUT2D eigenvalue weighted by molar-refractivity contribution is 0.142. The van der Waals surface area contributed by atoms with Gasteiger partial charge in [0.25, 0.3) is 0 Å². The fourth-order valence-corrected chi connectivity index (χ4v) is 3.48. The van der Waals surface area contributed by atoms with E-state index in [1.807, 2.05) is 0 Å². The van der Waals surface area contributed by atoms with Gasteiger partial charge >= 0.3 is 0 Å². The van der Waals surface area contributed by atoms with Gasteiger partial charge in [0, 0.05) is 13.2 Å². The molecule has 0 unspecified atom stereocenters. The Hall–Kier alpha value is -0.120. The number of rotatable bonds is 16. The van der Waals surface area contributed by atoms with Crippen LogP contribution in [0.25, 0.3) is 0 Å². The highest BCUT2D eigenvalue weighted by atomic mass is 16.3. The second kappa shape index (κ2) is 13.1. The summed E-state index contributed by atoms with van der Waals surface area (Å²) in [5.74, 6) is 0. The molecule has 0 aliphatic heterocycles. The average molecular weight is 345 g/mol. The Balaban J connectivity index is 3.64. The van der Waals surface area contributed by atoms with Crippen molar-refractivity contribution in [2.24, 2.45) is 10.8 Å². The fourth-order valence-electron chi connectivity index (χ4n) is 3.48. The summed E-state index contributed by atoms with van der Waals surface area (Å²) in [6, 6.07) is 0. The van der Waals surface area contributed by atoms with E-state index in [4.69, 9.17) is 10.2 Å². The third-order valence-corrected chi connectivity index (χ3v) is 5.31. The molecule has 0 heterocycles. The van der Waals surface area contributed by atoms with Crippen LogP contribution in [-0.4, -0.2) is 34.6 Å². The normalized spacial score (nSPS) is 13.0. The van der Waals surface area contributed by atoms with Gasteiger partial charge in [-0.15, -0.1) is 0 Å². The summed E-state index contributed by atoms with van der Waals surface area (Å²) in [6.45, 7) is 9.68. The predicted molar refractivity (Wildman–Crippen MR) is 103 cm³/mol. The van der Waals surface area contributed by atoms with E-state index in [1.54, 1.807) is 0 Å². The van der Waals surface area contributed by atoms with Crippen molar-refractivity contribution in [2.75, 3.05) is 13.2 Å². The molecule has 0 amide bonds. The van der Waals surface area contributed by atoms with Crippen LogP contribution in [0.5, 0.6) is 0 Å². The quantitative estimate of drug-likeness (QED) is 0.343. The van der Waals surface area contributed by atoms with Crippen LogP contribution in [0.3, 0.4) is 0 Å². The maximum Gasteiger partial charge on any atom is 0.0540 e. The topological polar surface area (TPSA) is 60.7 Å². The number of aliphatic hydroxyl groups is 3. The highest BCUT2D eigenvalue weighted by Gasteiger charge is 2.18. The van der Waals surface area contributed by atoms with Gasteiger partial charge in [0.15, 0.2) is 0 Å². The molecule has 0 saturated heterocycles. The van der Waals surface area contributed by atoms with E-state index < -0.39 is 0 Å². The van der Waals surface area contributed by atoms with Crippen molar-refractivity contribution >= 4 is 0 Å². The molecule has 0 atom stereocenters. The summed E-state index contributed by atoms with van der Waals surface area (Å²) in [4.78, 5) is 0. The molecule has 0 aromatic carbocycles. The van der Waals surface area contributed by atoms with Crippen LogP contribution < -0.4 is 0 Å². The number of hydrogen-bond acceptors (Lipinski definition) is 3. The Kier molecular flexibility index (Phi) is 13.1. The van der Waals surface area contributed by atoms with Crippen LogP contribution in [0.2, 0.25) is 0 Å². The molecule has 3 nitrogen and oxygen atoms in total. The molecular weight excluding hydrogens is 300 g/mol. The lowest BCUT2D eigenvalue weighted by Crippen LogP contribution is -2.13. The van der Waals surface area contributed by atoms with Gasteiger partial charge in [0.1, 0.15) is 0 Å². The standard InChI is InChI=1S/C21H44O3/c1-20(2,15-9-17-22)13-7-5-11-19(24)12-6-8-14-21(3,4)16-10-18-23/h19,22-24H,5-18H2,1-4H3. The zero-order chi connectivity index (χ0) is 18.5. The van der Waals surface area contributed by atoms with Gasteiger partial charge in [0.05, 0.1) is 6.10 Å². The third-order valence-electron chi connectivity index (χ3n) is 5.31. The molecule has 0 aliphatic rings. The molecule has 0 aromatic heterocycles. The van der Waals surface area contributed by atoms with Gasteiger partial charge in [0.2, 0.25) is 0 Å². The van der Waals surface area contributed by atoms with E-state index in [1.165, 1.54) is 25.7 Å². The first kappa shape index (κ1) is 23.9. The first-order valence-electron chi connectivity index (χ1n) is 10.1. The minimum absolute atomic E-state index is 0.147. The lowest BCUT2D eigenvalue weighted by Gasteiger charge is -2.25. The second-order valence-electron chi connectivity index (χ2n) is 9.13. The van der Waals surface area contributed by atoms with Gasteiger partial charge < -0.3 is 15.3 Å². The van der Waals surface area contributed by atoms with Crippen molar-refractivity contribution in [1.82, 2.24) is 0 Å². The minimum atomic E-state index is -0.147. The summed E-state index contributed by atoms with van der Waals surface area (Å²) >= 11 is 0. The van der Waals surface area contributed by atoms with Crippen LogP contribution in [-0.2, 0) is 0 Å². The molecule has 0 radical (unpaired) electrons. The largest absolute Gasteiger partial charge is 0.396 e. The van der Waals surface area contributed by atoms with Gasteiger partial charge in [-0.25, -0.2) is 0 Å². The Bertz CT molecular complexity index is 259. The zero-order valence-electron chi connectivity index (χ0n) is 16.8. The zero-order valence-corrected chi connectivity index (χ0v) is 16.8. The fraction of sp³-hybridized carbons (Fsp3) is 1.00. The predicted octanol–water partition coefficient (Wildman–Crippen LogP) is 5.07. The van der Waals surface area contributed by atoms with Crippen molar-refractivity contribution in [3.63, 3.8) is 0 Å². The van der Waals surface area contributed by atoms with Crippen molar-refractivity contribution in [1.29, 1.82) is 0 Å². The van der Waals surface area contributed by atoms with E-state index in [0.29, 0.717) is 24.0 Å². The summed E-state index contributed by atoms with van der Waals surface area (Å²) < 4.78 is 0. The van der Waals surface area contributed by atoms with E-state index >= 15 is 0 Å². The first-order valence-corrected chi connectivity index (χ1v) is 10.1. The lowest BCUT2D eigenvalue weighted by atomic mass is 9.82. The molecule has 0 saturated carbocycles. The molecule has 3 heteroatoms. The summed E-state index contributed by atoms with van der Waals surface area (Å²) in [5, 5.41) is 28.0. The van der Waals surface area contributed by atoms with Crippen LogP contribution >= 0.6 is 0 Å². The van der Waals surface area contributed by atoms with E-state index in [9.17, 15) is 5.11 Å². The van der Waals surface area contributed by atoms with Crippen LogP contribution in [0, 0.1) is 10.8 Å². The number of unbranched alkanes of at least 4 members (excludes halogenated alkanes) is 2. The van der Waals surface area contributed by atoms with Gasteiger partial charge in [-0.1, -0.05) is 53.4 Å². The average Bonchev–Trinajstić information content (AvgIpc) is 2.52. The summed E-state index contributed by atoms with van der Waals surface area (Å²) in [6.07, 6.45) is 12.5. The minimum Gasteiger partial charge on any atom is -0.396 e. The SMILES string of the molecule is CC(C)(CCCO)CCCCC(O)CCCCC(C)(C)CCCO. The molecule has 0 fully saturated rings. The van der Waals surface area contributed by atoms with Crippen molar-refractivity contribution in [3.05, 3.63) is 0 Å². The maximum absolute atomic E-state index is 10.1. The Morgan fingerprint density at radius 1 is 0.583 bits per heavy atom. The molecule has 0 aliphatic carbocycles. The molecule has 0 bridgehead atoms. The highest BCUT2D eigenvalue weighted by Crippen LogP contribution is 2.30. The summed E-state index contributed by atoms with van der Waals surface area (Å²) in [7, 11) is 0. The Morgan fingerprint density at radius 3 is 1.25 bits per heavy atom. The molecule has 146 valence electrons. The van der Waals surface area contributed by atoms with Crippen molar-refractivity contribution < 1.29 is 15.3 Å². The first-order chi connectivity index (χ1) is 11.2. The molecule has 3 N–H and O–H groups in total. The van der Waals surface area contributed by atoms with E-state index in [2.05, 4.69) is 27.7 Å². The molecule has 0 spiro atoms. The van der Waals surface area contributed by atoms with Crippen LogP contribution in [0.1, 0.15) is 105 Å². The maximum atomic E-state index is 10.1. The second-order valence-corrected chi connectivity index (χ2v) is 9.13. The smallest absolute Gasteiger partial charge is 0.0540 e. The molecule has 0 rings (SSSR count). The number of hydrogen-bond donors (Lipinski definition) is 3.